The number of hydrogen-bond acceptors (Lipinski definition) is 4. The normalized spacial score (nSPS) is 15.5. The molecule has 1 aliphatic rings. The summed E-state index contributed by atoms with van der Waals surface area (Å²) in [6, 6.07) is 6.04. The Hall–Kier alpha value is -2.44. The first-order valence-electron chi connectivity index (χ1n) is 10.6. The minimum Gasteiger partial charge on any atom is -0.356 e. The first kappa shape index (κ1) is 20.3. The van der Waals surface area contributed by atoms with Crippen LogP contribution in [0.15, 0.2) is 35.7 Å². The van der Waals surface area contributed by atoms with Crippen molar-refractivity contribution in [3.63, 3.8) is 0 Å². The van der Waals surface area contributed by atoms with Gasteiger partial charge in [-0.15, -0.1) is 10.2 Å². The van der Waals surface area contributed by atoms with E-state index in [2.05, 4.69) is 43.4 Å². The van der Waals surface area contributed by atoms with Gasteiger partial charge in [-0.1, -0.05) is 32.3 Å². The minimum atomic E-state index is 0.729. The van der Waals surface area contributed by atoms with E-state index in [1.807, 2.05) is 18.3 Å². The van der Waals surface area contributed by atoms with Gasteiger partial charge in [-0.25, -0.2) is 0 Å². The zero-order chi connectivity index (χ0) is 19.4. The van der Waals surface area contributed by atoms with E-state index in [-0.39, 0.29) is 0 Å². The number of pyridine rings is 1. The Balaban J connectivity index is 1.50. The van der Waals surface area contributed by atoms with Crippen molar-refractivity contribution in [2.75, 3.05) is 19.6 Å². The second kappa shape index (κ2) is 11.4. The Morgan fingerprint density at radius 3 is 2.82 bits per heavy atom. The summed E-state index contributed by atoms with van der Waals surface area (Å²) in [4.78, 5) is 9.27. The van der Waals surface area contributed by atoms with Crippen LogP contribution in [0.25, 0.3) is 0 Å². The number of aryl methyl sites for hydroxylation is 1. The van der Waals surface area contributed by atoms with E-state index in [0.29, 0.717) is 0 Å². The fourth-order valence-electron chi connectivity index (χ4n) is 3.65. The molecule has 0 aliphatic heterocycles. The van der Waals surface area contributed by atoms with Gasteiger partial charge in [-0.2, -0.15) is 0 Å². The predicted octanol–water partition coefficient (Wildman–Crippen LogP) is 2.59. The van der Waals surface area contributed by atoms with Crippen LogP contribution in [0, 0.1) is 5.92 Å². The van der Waals surface area contributed by atoms with Crippen LogP contribution in [0.4, 0.5) is 0 Å². The van der Waals surface area contributed by atoms with Crippen LogP contribution in [0.2, 0.25) is 0 Å². The van der Waals surface area contributed by atoms with E-state index in [0.717, 1.165) is 62.4 Å². The quantitative estimate of drug-likeness (QED) is 0.514. The zero-order valence-corrected chi connectivity index (χ0v) is 17.0. The second-order valence-corrected chi connectivity index (χ2v) is 7.41. The van der Waals surface area contributed by atoms with E-state index in [1.54, 1.807) is 6.33 Å². The SMILES string of the molecule is CCc1nncn1CCNC(=NCC1CCCCC1)NCCc1ccccn1. The summed E-state index contributed by atoms with van der Waals surface area (Å²) in [5.74, 6) is 2.64. The molecule has 0 spiro atoms. The molecule has 1 aliphatic carbocycles. The fraction of sp³-hybridized carbons (Fsp3) is 0.619. The molecule has 3 rings (SSSR count). The summed E-state index contributed by atoms with van der Waals surface area (Å²) < 4.78 is 2.10. The third kappa shape index (κ3) is 6.62. The molecular weight excluding hydrogens is 350 g/mol. The van der Waals surface area contributed by atoms with Crippen molar-refractivity contribution in [2.24, 2.45) is 10.9 Å². The molecule has 152 valence electrons. The third-order valence-corrected chi connectivity index (χ3v) is 5.29. The van der Waals surface area contributed by atoms with E-state index in [4.69, 9.17) is 4.99 Å². The maximum Gasteiger partial charge on any atom is 0.191 e. The monoisotopic (exact) mass is 383 g/mol. The second-order valence-electron chi connectivity index (χ2n) is 7.41. The number of nitrogens with zero attached hydrogens (tertiary/aromatic N) is 5. The number of aliphatic imine (C=N–C) groups is 1. The predicted molar refractivity (Wildman–Crippen MR) is 112 cm³/mol. The highest BCUT2D eigenvalue weighted by atomic mass is 15.3. The molecule has 7 nitrogen and oxygen atoms in total. The number of nitrogens with one attached hydrogen (secondary N) is 2. The molecule has 0 saturated heterocycles. The minimum absolute atomic E-state index is 0.729. The Morgan fingerprint density at radius 1 is 1.18 bits per heavy atom. The van der Waals surface area contributed by atoms with Crippen LogP contribution in [0.1, 0.15) is 50.5 Å². The lowest BCUT2D eigenvalue weighted by Crippen LogP contribution is -2.40. The molecule has 1 fully saturated rings. The molecule has 7 heteroatoms. The van der Waals surface area contributed by atoms with Crippen LogP contribution >= 0.6 is 0 Å². The summed E-state index contributed by atoms with van der Waals surface area (Å²) in [5.41, 5.74) is 1.10. The summed E-state index contributed by atoms with van der Waals surface area (Å²) in [6.45, 7) is 5.46. The Kier molecular flexibility index (Phi) is 8.27. The molecule has 1 saturated carbocycles. The first-order chi connectivity index (χ1) is 13.8. The molecule has 2 aromatic rings. The summed E-state index contributed by atoms with van der Waals surface area (Å²) in [7, 11) is 0. The molecule has 0 bridgehead atoms. The summed E-state index contributed by atoms with van der Waals surface area (Å²) in [5, 5.41) is 15.1. The summed E-state index contributed by atoms with van der Waals surface area (Å²) >= 11 is 0. The van der Waals surface area contributed by atoms with Gasteiger partial charge in [0.25, 0.3) is 0 Å². The van der Waals surface area contributed by atoms with Crippen molar-refractivity contribution in [3.05, 3.63) is 42.2 Å². The van der Waals surface area contributed by atoms with Crippen molar-refractivity contribution in [2.45, 2.75) is 58.4 Å². The van der Waals surface area contributed by atoms with Crippen LogP contribution in [0.3, 0.4) is 0 Å². The van der Waals surface area contributed by atoms with Gasteiger partial charge in [0.2, 0.25) is 0 Å². The van der Waals surface area contributed by atoms with Crippen molar-refractivity contribution in [1.29, 1.82) is 0 Å². The molecule has 2 N–H and O–H groups in total. The van der Waals surface area contributed by atoms with Crippen molar-refractivity contribution >= 4 is 5.96 Å². The first-order valence-corrected chi connectivity index (χ1v) is 10.6. The van der Waals surface area contributed by atoms with Gasteiger partial charge in [-0.05, 0) is 30.9 Å². The van der Waals surface area contributed by atoms with Crippen LogP contribution in [-0.2, 0) is 19.4 Å². The highest BCUT2D eigenvalue weighted by Gasteiger charge is 2.13. The standard InChI is InChI=1S/C21H33N7/c1-2-20-27-26-17-28(20)15-14-24-21(25-16-18-8-4-3-5-9-18)23-13-11-19-10-6-7-12-22-19/h6-7,10,12,17-18H,2-5,8-9,11,13-16H2,1H3,(H2,23,24,25). The van der Waals surface area contributed by atoms with E-state index in [9.17, 15) is 0 Å². The largest absolute Gasteiger partial charge is 0.356 e. The molecule has 0 amide bonds. The highest BCUT2D eigenvalue weighted by molar-refractivity contribution is 5.79. The molecule has 28 heavy (non-hydrogen) atoms. The number of hydrogen-bond donors (Lipinski definition) is 2. The molecule has 0 radical (unpaired) electrons. The van der Waals surface area contributed by atoms with E-state index < -0.39 is 0 Å². The smallest absolute Gasteiger partial charge is 0.191 e. The van der Waals surface area contributed by atoms with Gasteiger partial charge in [0.05, 0.1) is 0 Å². The van der Waals surface area contributed by atoms with Gasteiger partial charge in [0, 0.05) is 50.9 Å². The Bertz CT molecular complexity index is 705. The molecule has 0 unspecified atom stereocenters. The molecule has 2 aromatic heterocycles. The average molecular weight is 384 g/mol. The number of aromatic nitrogens is 4. The maximum absolute atomic E-state index is 4.87. The van der Waals surface area contributed by atoms with Crippen LogP contribution < -0.4 is 10.6 Å². The molecular formula is C21H33N7. The Labute approximate surface area is 168 Å². The van der Waals surface area contributed by atoms with Gasteiger partial charge in [-0.3, -0.25) is 9.98 Å². The average Bonchev–Trinajstić information content (AvgIpc) is 3.20. The topological polar surface area (TPSA) is 80.0 Å². The van der Waals surface area contributed by atoms with Gasteiger partial charge in [0.15, 0.2) is 5.96 Å². The van der Waals surface area contributed by atoms with Gasteiger partial charge < -0.3 is 15.2 Å². The number of guanidine groups is 1. The Morgan fingerprint density at radius 2 is 2.04 bits per heavy atom. The fourth-order valence-corrected chi connectivity index (χ4v) is 3.65. The van der Waals surface area contributed by atoms with E-state index in [1.165, 1.54) is 32.1 Å². The van der Waals surface area contributed by atoms with Gasteiger partial charge >= 0.3 is 0 Å². The van der Waals surface area contributed by atoms with Crippen molar-refractivity contribution < 1.29 is 0 Å². The van der Waals surface area contributed by atoms with Gasteiger partial charge in [0.1, 0.15) is 12.2 Å². The maximum atomic E-state index is 4.87. The molecule has 2 heterocycles. The lowest BCUT2D eigenvalue weighted by Gasteiger charge is -2.20. The lowest BCUT2D eigenvalue weighted by molar-refractivity contribution is 0.366. The van der Waals surface area contributed by atoms with E-state index >= 15 is 0 Å². The zero-order valence-electron chi connectivity index (χ0n) is 17.0. The van der Waals surface area contributed by atoms with Crippen LogP contribution in [0.5, 0.6) is 0 Å². The van der Waals surface area contributed by atoms with Crippen molar-refractivity contribution in [3.8, 4) is 0 Å². The number of rotatable bonds is 9. The summed E-state index contributed by atoms with van der Waals surface area (Å²) in [6.07, 6.45) is 12.1. The molecule has 0 atom stereocenters. The van der Waals surface area contributed by atoms with Crippen LogP contribution in [-0.4, -0.2) is 45.3 Å². The third-order valence-electron chi connectivity index (χ3n) is 5.29. The molecule has 0 aromatic carbocycles. The lowest BCUT2D eigenvalue weighted by atomic mass is 9.89. The highest BCUT2D eigenvalue weighted by Crippen LogP contribution is 2.23. The van der Waals surface area contributed by atoms with Crippen molar-refractivity contribution in [1.82, 2.24) is 30.4 Å².